The summed E-state index contributed by atoms with van der Waals surface area (Å²) in [5.41, 5.74) is 1.34. The van der Waals surface area contributed by atoms with E-state index in [1.165, 1.54) is 18.5 Å². The molecule has 0 aliphatic carbocycles. The van der Waals surface area contributed by atoms with Gasteiger partial charge in [-0.25, -0.2) is 9.97 Å². The molecule has 5 nitrogen and oxygen atoms in total. The van der Waals surface area contributed by atoms with Crippen LogP contribution in [0.5, 0.6) is 5.75 Å². The molecule has 0 radical (unpaired) electrons. The summed E-state index contributed by atoms with van der Waals surface area (Å²) in [6, 6.07) is 12.0. The predicted octanol–water partition coefficient (Wildman–Crippen LogP) is 1.76. The molecule has 152 valence electrons. The first kappa shape index (κ1) is 23.6. The Bertz CT molecular complexity index is 1230. The van der Waals surface area contributed by atoms with Crippen molar-refractivity contribution in [3.63, 3.8) is 0 Å². The Labute approximate surface area is 219 Å². The Morgan fingerprint density at radius 3 is 2.48 bits per heavy atom. The summed E-state index contributed by atoms with van der Waals surface area (Å²) < 4.78 is 39.8. The molecule has 0 aliphatic rings. The standard InChI is InChI=1S/C22H17F3N4O.K/c1-13-8-10-27-21(28-13)29-18-12-17(22(23,24)25)7-6-15(18)11-16-5-4-14-3-2-9-26-19(14)20(16)30;/h2-10,12,30H,11H2,1H3,(H,27,28,29);/q;+1/p-1. The molecule has 0 fully saturated rings. The molecule has 31 heavy (non-hydrogen) atoms. The average Bonchev–Trinajstić information content (AvgIpc) is 2.71. The number of nitrogens with zero attached hydrogens (tertiary/aromatic N) is 3. The van der Waals surface area contributed by atoms with Crippen LogP contribution >= 0.6 is 0 Å². The zero-order valence-electron chi connectivity index (χ0n) is 16.9. The summed E-state index contributed by atoms with van der Waals surface area (Å²) in [6.07, 6.45) is -1.31. The van der Waals surface area contributed by atoms with Gasteiger partial charge in [-0.2, -0.15) is 13.2 Å². The van der Waals surface area contributed by atoms with Crippen LogP contribution in [0.4, 0.5) is 24.8 Å². The van der Waals surface area contributed by atoms with Crippen LogP contribution in [0.15, 0.2) is 60.9 Å². The van der Waals surface area contributed by atoms with Crippen molar-refractivity contribution in [2.24, 2.45) is 0 Å². The first-order valence-corrected chi connectivity index (χ1v) is 9.12. The summed E-state index contributed by atoms with van der Waals surface area (Å²) in [5.74, 6) is -0.0659. The number of fused-ring (bicyclic) bond motifs is 1. The number of hydrogen-bond acceptors (Lipinski definition) is 5. The maximum Gasteiger partial charge on any atom is 1.00 e. The number of pyridine rings is 1. The van der Waals surface area contributed by atoms with Crippen LogP contribution < -0.4 is 61.8 Å². The molecule has 0 unspecified atom stereocenters. The van der Waals surface area contributed by atoms with Crippen molar-refractivity contribution in [2.45, 2.75) is 19.5 Å². The van der Waals surface area contributed by atoms with Crippen LogP contribution in [0, 0.1) is 6.92 Å². The fraction of sp³-hybridized carbons (Fsp3) is 0.136. The van der Waals surface area contributed by atoms with Crippen molar-refractivity contribution in [3.8, 4) is 5.75 Å². The van der Waals surface area contributed by atoms with Gasteiger partial charge in [0.2, 0.25) is 5.95 Å². The molecule has 4 rings (SSSR count). The van der Waals surface area contributed by atoms with E-state index in [2.05, 4.69) is 20.3 Å². The van der Waals surface area contributed by atoms with Gasteiger partial charge in [0.25, 0.3) is 0 Å². The third kappa shape index (κ3) is 5.42. The Hall–Kier alpha value is -2.04. The quantitative estimate of drug-likeness (QED) is 0.482. The first-order chi connectivity index (χ1) is 14.3. The predicted molar refractivity (Wildman–Crippen MR) is 105 cm³/mol. The molecule has 1 N–H and O–H groups in total. The second-order valence-corrected chi connectivity index (χ2v) is 6.82. The minimum atomic E-state index is -4.50. The number of aryl methyl sites for hydroxylation is 1. The molecule has 2 heterocycles. The van der Waals surface area contributed by atoms with E-state index >= 15 is 0 Å². The van der Waals surface area contributed by atoms with Crippen LogP contribution in [-0.2, 0) is 12.6 Å². The molecule has 2 aromatic carbocycles. The SMILES string of the molecule is Cc1ccnc(Nc2cc(C(F)(F)F)ccc2Cc2ccc3cccnc3c2[O-])n1.[K+]. The molecule has 0 bridgehead atoms. The number of nitrogens with one attached hydrogen (secondary N) is 1. The monoisotopic (exact) mass is 448 g/mol. The molecule has 4 aromatic rings. The van der Waals surface area contributed by atoms with Crippen LogP contribution in [0.1, 0.15) is 22.4 Å². The Balaban J connectivity index is 0.00000272. The molecule has 9 heteroatoms. The fourth-order valence-corrected chi connectivity index (χ4v) is 3.16. The molecular formula is C22H16F3KN4O. The van der Waals surface area contributed by atoms with Crippen molar-refractivity contribution in [1.82, 2.24) is 15.0 Å². The number of halogens is 3. The van der Waals surface area contributed by atoms with Crippen molar-refractivity contribution in [2.75, 3.05) is 5.32 Å². The molecular weight excluding hydrogens is 432 g/mol. The minimum Gasteiger partial charge on any atom is -0.871 e. The topological polar surface area (TPSA) is 73.8 Å². The second kappa shape index (κ2) is 9.62. The van der Waals surface area contributed by atoms with Gasteiger partial charge >= 0.3 is 57.6 Å². The first-order valence-electron chi connectivity index (χ1n) is 9.12. The van der Waals surface area contributed by atoms with Crippen LogP contribution in [0.25, 0.3) is 10.9 Å². The number of anilines is 2. The maximum atomic E-state index is 13.3. The van der Waals surface area contributed by atoms with Gasteiger partial charge in [-0.1, -0.05) is 30.0 Å². The molecule has 0 amide bonds. The summed E-state index contributed by atoms with van der Waals surface area (Å²) in [5, 5.41) is 16.4. The van der Waals surface area contributed by atoms with Crippen molar-refractivity contribution < 1.29 is 69.7 Å². The Morgan fingerprint density at radius 1 is 0.968 bits per heavy atom. The zero-order chi connectivity index (χ0) is 21.3. The third-order valence-corrected chi connectivity index (χ3v) is 4.67. The van der Waals surface area contributed by atoms with Gasteiger partial charge in [0.1, 0.15) is 0 Å². The summed E-state index contributed by atoms with van der Waals surface area (Å²) in [6.45, 7) is 1.76. The van der Waals surface area contributed by atoms with Gasteiger partial charge in [-0.3, -0.25) is 4.98 Å². The summed E-state index contributed by atoms with van der Waals surface area (Å²) in [4.78, 5) is 12.4. The van der Waals surface area contributed by atoms with Gasteiger partial charge in [0, 0.05) is 23.8 Å². The number of alkyl halides is 3. The minimum absolute atomic E-state index is 0. The summed E-state index contributed by atoms with van der Waals surface area (Å²) >= 11 is 0. The Morgan fingerprint density at radius 2 is 1.74 bits per heavy atom. The van der Waals surface area contributed by atoms with E-state index in [0.717, 1.165) is 12.1 Å². The van der Waals surface area contributed by atoms with E-state index in [-0.39, 0.29) is 75.2 Å². The van der Waals surface area contributed by atoms with Crippen LogP contribution in [0.2, 0.25) is 0 Å². The molecule has 0 saturated carbocycles. The fourth-order valence-electron chi connectivity index (χ4n) is 3.16. The van der Waals surface area contributed by atoms with Crippen molar-refractivity contribution in [3.05, 3.63) is 83.3 Å². The van der Waals surface area contributed by atoms with Gasteiger partial charge in [0.05, 0.1) is 11.1 Å². The average molecular weight is 448 g/mol. The van der Waals surface area contributed by atoms with E-state index in [4.69, 9.17) is 0 Å². The normalized spacial score (nSPS) is 11.2. The van der Waals surface area contributed by atoms with Gasteiger partial charge in [-0.15, -0.1) is 0 Å². The third-order valence-electron chi connectivity index (χ3n) is 4.67. The second-order valence-electron chi connectivity index (χ2n) is 6.82. The van der Waals surface area contributed by atoms with Gasteiger partial charge in [-0.05, 0) is 54.1 Å². The molecule has 0 spiro atoms. The molecule has 0 aliphatic heterocycles. The van der Waals surface area contributed by atoms with E-state index in [1.807, 2.05) is 0 Å². The molecule has 2 aromatic heterocycles. The zero-order valence-corrected chi connectivity index (χ0v) is 20.0. The van der Waals surface area contributed by atoms with Crippen LogP contribution in [-0.4, -0.2) is 15.0 Å². The molecule has 0 atom stereocenters. The number of hydrogen-bond donors (Lipinski definition) is 1. The number of aromatic nitrogens is 3. The smallest absolute Gasteiger partial charge is 0.871 e. The van der Waals surface area contributed by atoms with Gasteiger partial charge < -0.3 is 10.4 Å². The number of rotatable bonds is 4. The number of benzene rings is 2. The molecule has 0 saturated heterocycles. The largest absolute Gasteiger partial charge is 1.00 e. The van der Waals surface area contributed by atoms with E-state index in [0.29, 0.717) is 27.7 Å². The summed E-state index contributed by atoms with van der Waals surface area (Å²) in [7, 11) is 0. The maximum absolute atomic E-state index is 13.3. The van der Waals surface area contributed by atoms with Crippen LogP contribution in [0.3, 0.4) is 0 Å². The van der Waals surface area contributed by atoms with E-state index in [9.17, 15) is 18.3 Å². The van der Waals surface area contributed by atoms with E-state index < -0.39 is 11.7 Å². The Kier molecular flexibility index (Phi) is 7.33. The van der Waals surface area contributed by atoms with Crippen molar-refractivity contribution >= 4 is 22.5 Å². The van der Waals surface area contributed by atoms with Gasteiger partial charge in [0.15, 0.2) is 0 Å². The van der Waals surface area contributed by atoms with Crippen molar-refractivity contribution in [1.29, 1.82) is 0 Å². The van der Waals surface area contributed by atoms with E-state index in [1.54, 1.807) is 37.3 Å².